The Hall–Kier alpha value is -0.960. The summed E-state index contributed by atoms with van der Waals surface area (Å²) in [5.41, 5.74) is 0.893. The standard InChI is InChI=1S/C15H21F2N/c1-2-3-12(10-18-13-5-6-13)8-11-4-7-14(16)15(17)9-11/h4,7,9,12-13,18H,2-3,5-6,8,10H2,1H3. The summed E-state index contributed by atoms with van der Waals surface area (Å²) < 4.78 is 26.0. The Kier molecular flexibility index (Phi) is 4.70. The molecule has 0 aliphatic heterocycles. The second-order valence-corrected chi connectivity index (χ2v) is 5.29. The molecule has 100 valence electrons. The van der Waals surface area contributed by atoms with E-state index in [2.05, 4.69) is 12.2 Å². The fourth-order valence-electron chi connectivity index (χ4n) is 2.31. The Morgan fingerprint density at radius 2 is 2.06 bits per heavy atom. The molecule has 2 rings (SSSR count). The number of hydrogen-bond acceptors (Lipinski definition) is 1. The minimum absolute atomic E-state index is 0.514. The number of benzene rings is 1. The Morgan fingerprint density at radius 1 is 1.28 bits per heavy atom. The lowest BCUT2D eigenvalue weighted by molar-refractivity contribution is 0.435. The Bertz CT molecular complexity index is 388. The summed E-state index contributed by atoms with van der Waals surface area (Å²) in [5, 5.41) is 3.52. The molecule has 0 aromatic heterocycles. The van der Waals surface area contributed by atoms with Crippen LogP contribution in [0.4, 0.5) is 8.78 Å². The molecule has 0 heterocycles. The highest BCUT2D eigenvalue weighted by atomic mass is 19.2. The van der Waals surface area contributed by atoms with Gasteiger partial charge in [-0.1, -0.05) is 19.4 Å². The first-order chi connectivity index (χ1) is 8.69. The highest BCUT2D eigenvalue weighted by molar-refractivity contribution is 5.18. The van der Waals surface area contributed by atoms with E-state index in [9.17, 15) is 8.78 Å². The highest BCUT2D eigenvalue weighted by Gasteiger charge is 2.21. The van der Waals surface area contributed by atoms with E-state index in [1.165, 1.54) is 25.0 Å². The summed E-state index contributed by atoms with van der Waals surface area (Å²) in [6, 6.07) is 4.95. The van der Waals surface area contributed by atoms with Crippen LogP contribution in [0.5, 0.6) is 0 Å². The predicted octanol–water partition coefficient (Wildman–Crippen LogP) is 3.68. The zero-order chi connectivity index (χ0) is 13.0. The molecule has 1 fully saturated rings. The lowest BCUT2D eigenvalue weighted by atomic mass is 9.95. The molecule has 3 heteroatoms. The molecule has 0 spiro atoms. The fourth-order valence-corrected chi connectivity index (χ4v) is 2.31. The van der Waals surface area contributed by atoms with Crippen LogP contribution in [0.25, 0.3) is 0 Å². The van der Waals surface area contributed by atoms with Crippen molar-refractivity contribution >= 4 is 0 Å². The van der Waals surface area contributed by atoms with E-state index in [1.807, 2.05) is 0 Å². The van der Waals surface area contributed by atoms with Crippen LogP contribution in [0, 0.1) is 17.6 Å². The number of nitrogens with one attached hydrogen (secondary N) is 1. The van der Waals surface area contributed by atoms with Gasteiger partial charge in [0.15, 0.2) is 11.6 Å². The van der Waals surface area contributed by atoms with Crippen LogP contribution >= 0.6 is 0 Å². The quantitative estimate of drug-likeness (QED) is 0.781. The molecule has 0 amide bonds. The molecule has 1 aliphatic carbocycles. The minimum Gasteiger partial charge on any atom is -0.314 e. The maximum absolute atomic E-state index is 13.1. The number of halogens is 2. The van der Waals surface area contributed by atoms with Gasteiger partial charge in [-0.05, 0) is 55.8 Å². The van der Waals surface area contributed by atoms with Crippen LogP contribution in [0.1, 0.15) is 38.2 Å². The second kappa shape index (κ2) is 6.28. The van der Waals surface area contributed by atoms with E-state index < -0.39 is 11.6 Å². The molecule has 1 saturated carbocycles. The van der Waals surface area contributed by atoms with Crippen LogP contribution in [-0.4, -0.2) is 12.6 Å². The van der Waals surface area contributed by atoms with Gasteiger partial charge in [0, 0.05) is 6.04 Å². The first-order valence-electron chi connectivity index (χ1n) is 6.86. The zero-order valence-corrected chi connectivity index (χ0v) is 10.9. The summed E-state index contributed by atoms with van der Waals surface area (Å²) in [5.74, 6) is -0.986. The molecule has 1 atom stereocenters. The first kappa shape index (κ1) is 13.5. The zero-order valence-electron chi connectivity index (χ0n) is 10.9. The van der Waals surface area contributed by atoms with Gasteiger partial charge in [-0.25, -0.2) is 8.78 Å². The van der Waals surface area contributed by atoms with Gasteiger partial charge in [0.05, 0.1) is 0 Å². The first-order valence-corrected chi connectivity index (χ1v) is 6.86. The molecule has 0 bridgehead atoms. The fraction of sp³-hybridized carbons (Fsp3) is 0.600. The van der Waals surface area contributed by atoms with Gasteiger partial charge in [0.2, 0.25) is 0 Å². The molecule has 18 heavy (non-hydrogen) atoms. The topological polar surface area (TPSA) is 12.0 Å². The van der Waals surface area contributed by atoms with Crippen LogP contribution in [0.2, 0.25) is 0 Å². The minimum atomic E-state index is -0.762. The summed E-state index contributed by atoms with van der Waals surface area (Å²) >= 11 is 0. The van der Waals surface area contributed by atoms with Gasteiger partial charge in [0.1, 0.15) is 0 Å². The Morgan fingerprint density at radius 3 is 2.67 bits per heavy atom. The summed E-state index contributed by atoms with van der Waals surface area (Å²) in [7, 11) is 0. The maximum Gasteiger partial charge on any atom is 0.159 e. The van der Waals surface area contributed by atoms with Crippen molar-refractivity contribution in [1.82, 2.24) is 5.32 Å². The molecule has 0 radical (unpaired) electrons. The van der Waals surface area contributed by atoms with Crippen molar-refractivity contribution in [2.24, 2.45) is 5.92 Å². The molecular weight excluding hydrogens is 232 g/mol. The third kappa shape index (κ3) is 4.05. The van der Waals surface area contributed by atoms with Gasteiger partial charge in [0.25, 0.3) is 0 Å². The van der Waals surface area contributed by atoms with Gasteiger partial charge in [-0.15, -0.1) is 0 Å². The molecule has 1 unspecified atom stereocenters. The van der Waals surface area contributed by atoms with Crippen LogP contribution in [0.15, 0.2) is 18.2 Å². The summed E-state index contributed by atoms with van der Waals surface area (Å²) in [6.45, 7) is 3.15. The number of rotatable bonds is 7. The van der Waals surface area contributed by atoms with E-state index in [4.69, 9.17) is 0 Å². The van der Waals surface area contributed by atoms with Gasteiger partial charge in [-0.2, -0.15) is 0 Å². The van der Waals surface area contributed by atoms with Gasteiger partial charge in [-0.3, -0.25) is 0 Å². The van der Waals surface area contributed by atoms with Crippen LogP contribution in [-0.2, 0) is 6.42 Å². The van der Waals surface area contributed by atoms with E-state index >= 15 is 0 Å². The van der Waals surface area contributed by atoms with E-state index in [0.717, 1.165) is 31.4 Å². The smallest absolute Gasteiger partial charge is 0.159 e. The second-order valence-electron chi connectivity index (χ2n) is 5.29. The lowest BCUT2D eigenvalue weighted by Crippen LogP contribution is -2.26. The van der Waals surface area contributed by atoms with Crippen LogP contribution < -0.4 is 5.32 Å². The van der Waals surface area contributed by atoms with Gasteiger partial charge < -0.3 is 5.32 Å². The van der Waals surface area contributed by atoms with Crippen molar-refractivity contribution in [1.29, 1.82) is 0 Å². The highest BCUT2D eigenvalue weighted by Crippen LogP contribution is 2.21. The average molecular weight is 253 g/mol. The number of hydrogen-bond donors (Lipinski definition) is 1. The normalized spacial score (nSPS) is 16.8. The molecular formula is C15H21F2N. The van der Waals surface area contributed by atoms with Gasteiger partial charge >= 0.3 is 0 Å². The molecule has 0 saturated heterocycles. The maximum atomic E-state index is 13.1. The molecule has 1 aromatic rings. The molecule has 1 nitrogen and oxygen atoms in total. The largest absolute Gasteiger partial charge is 0.314 e. The summed E-state index contributed by atoms with van der Waals surface area (Å²) in [4.78, 5) is 0. The van der Waals surface area contributed by atoms with Crippen molar-refractivity contribution in [3.8, 4) is 0 Å². The Balaban J connectivity index is 1.90. The SMILES string of the molecule is CCCC(CNC1CC1)Cc1ccc(F)c(F)c1. The molecule has 1 aliphatic rings. The predicted molar refractivity (Wildman–Crippen MR) is 69.5 cm³/mol. The van der Waals surface area contributed by atoms with Crippen molar-refractivity contribution in [2.45, 2.75) is 45.1 Å². The van der Waals surface area contributed by atoms with E-state index in [0.29, 0.717) is 12.0 Å². The van der Waals surface area contributed by atoms with Crippen molar-refractivity contribution in [2.75, 3.05) is 6.54 Å². The van der Waals surface area contributed by atoms with Crippen molar-refractivity contribution in [3.63, 3.8) is 0 Å². The van der Waals surface area contributed by atoms with Crippen LogP contribution in [0.3, 0.4) is 0 Å². The van der Waals surface area contributed by atoms with Crippen molar-refractivity contribution < 1.29 is 8.78 Å². The monoisotopic (exact) mass is 253 g/mol. The molecule has 1 N–H and O–H groups in total. The van der Waals surface area contributed by atoms with E-state index in [1.54, 1.807) is 6.07 Å². The lowest BCUT2D eigenvalue weighted by Gasteiger charge is -2.17. The Labute approximate surface area is 108 Å². The van der Waals surface area contributed by atoms with E-state index in [-0.39, 0.29) is 0 Å². The molecule has 1 aromatic carbocycles. The average Bonchev–Trinajstić information content (AvgIpc) is 3.15. The summed E-state index contributed by atoms with van der Waals surface area (Å²) in [6.07, 6.45) is 5.64. The third-order valence-corrected chi connectivity index (χ3v) is 3.48. The third-order valence-electron chi connectivity index (χ3n) is 3.48. The van der Waals surface area contributed by atoms with Crippen molar-refractivity contribution in [3.05, 3.63) is 35.4 Å².